The van der Waals surface area contributed by atoms with Gasteiger partial charge in [-0.1, -0.05) is 82.7 Å². The number of anilines is 1. The molecule has 0 spiro atoms. The quantitative estimate of drug-likeness (QED) is 0.401. The second kappa shape index (κ2) is 7.88. The molecule has 1 nitrogen and oxygen atoms in total. The third-order valence-corrected chi connectivity index (χ3v) is 6.13. The number of fused-ring (bicyclic) bond motifs is 1. The summed E-state index contributed by atoms with van der Waals surface area (Å²) in [7, 11) is 0. The van der Waals surface area contributed by atoms with Crippen LogP contribution in [0.4, 0.5) is 5.69 Å². The van der Waals surface area contributed by atoms with Crippen LogP contribution in [-0.4, -0.2) is 0 Å². The zero-order valence-electron chi connectivity index (χ0n) is 16.2. The zero-order chi connectivity index (χ0) is 19.6. The van der Waals surface area contributed by atoms with Crippen molar-refractivity contribution < 1.29 is 0 Å². The van der Waals surface area contributed by atoms with E-state index >= 15 is 0 Å². The molecule has 3 aromatic rings. The number of allylic oxidation sites excluding steroid dienone is 4. The molecule has 0 radical (unpaired) electrons. The molecule has 2 heteroatoms. The highest BCUT2D eigenvalue weighted by Crippen LogP contribution is 2.45. The van der Waals surface area contributed by atoms with Crippen molar-refractivity contribution in [3.63, 3.8) is 0 Å². The molecule has 0 fully saturated rings. The second-order valence-corrected chi connectivity index (χ2v) is 8.36. The lowest BCUT2D eigenvalue weighted by atomic mass is 9.85. The van der Waals surface area contributed by atoms with Gasteiger partial charge in [0.05, 0.1) is 5.70 Å². The first kappa shape index (κ1) is 18.2. The van der Waals surface area contributed by atoms with Gasteiger partial charge in [-0.2, -0.15) is 0 Å². The summed E-state index contributed by atoms with van der Waals surface area (Å²) in [6.45, 7) is 0. The Morgan fingerprint density at radius 3 is 2.03 bits per heavy atom. The standard InChI is InChI=1S/C27H22BrN/c28-22-15-17-23(18-16-22)29-26-14-8-7-13-24(26)25(20-9-3-1-4-10-20)19-27(29)21-11-5-2-6-12-21/h1-6,9-12,14-19H,7-8,13H2. The van der Waals surface area contributed by atoms with E-state index in [0.717, 1.165) is 17.3 Å². The zero-order valence-corrected chi connectivity index (χ0v) is 17.8. The van der Waals surface area contributed by atoms with Crippen LogP contribution in [0.2, 0.25) is 0 Å². The number of hydrogen-bond acceptors (Lipinski definition) is 1. The molecule has 0 N–H and O–H groups in total. The second-order valence-electron chi connectivity index (χ2n) is 7.45. The topological polar surface area (TPSA) is 3.24 Å². The minimum atomic E-state index is 1.10. The van der Waals surface area contributed by atoms with Gasteiger partial charge in [-0.3, -0.25) is 0 Å². The molecule has 1 aliphatic carbocycles. The minimum absolute atomic E-state index is 1.10. The van der Waals surface area contributed by atoms with Gasteiger partial charge in [-0.05, 0) is 71.9 Å². The van der Waals surface area contributed by atoms with Gasteiger partial charge < -0.3 is 4.90 Å². The van der Waals surface area contributed by atoms with Crippen molar-refractivity contribution >= 4 is 32.9 Å². The van der Waals surface area contributed by atoms with Crippen LogP contribution in [0.3, 0.4) is 0 Å². The number of benzene rings is 3. The van der Waals surface area contributed by atoms with E-state index in [4.69, 9.17) is 0 Å². The molecule has 0 saturated heterocycles. The molecule has 0 aromatic heterocycles. The van der Waals surface area contributed by atoms with Gasteiger partial charge in [0, 0.05) is 15.9 Å². The van der Waals surface area contributed by atoms with Gasteiger partial charge in [0.1, 0.15) is 0 Å². The van der Waals surface area contributed by atoms with Crippen molar-refractivity contribution in [2.45, 2.75) is 19.3 Å². The fourth-order valence-corrected chi connectivity index (χ4v) is 4.52. The van der Waals surface area contributed by atoms with Crippen molar-refractivity contribution in [1.82, 2.24) is 0 Å². The number of rotatable bonds is 3. The van der Waals surface area contributed by atoms with Crippen molar-refractivity contribution in [3.8, 4) is 0 Å². The first-order chi connectivity index (χ1) is 14.3. The van der Waals surface area contributed by atoms with Gasteiger partial charge in [0.25, 0.3) is 0 Å². The Labute approximate surface area is 180 Å². The van der Waals surface area contributed by atoms with Crippen LogP contribution >= 0.6 is 15.9 Å². The van der Waals surface area contributed by atoms with E-state index in [9.17, 15) is 0 Å². The van der Waals surface area contributed by atoms with Gasteiger partial charge in [0.15, 0.2) is 0 Å². The summed E-state index contributed by atoms with van der Waals surface area (Å²) in [5.74, 6) is 0. The van der Waals surface area contributed by atoms with E-state index in [2.05, 4.69) is 118 Å². The van der Waals surface area contributed by atoms with E-state index < -0.39 is 0 Å². The maximum Gasteiger partial charge on any atom is 0.0540 e. The fourth-order valence-electron chi connectivity index (χ4n) is 4.25. The minimum Gasteiger partial charge on any atom is -0.310 e. The van der Waals surface area contributed by atoms with Gasteiger partial charge in [-0.25, -0.2) is 0 Å². The Bertz CT molecular complexity index is 1110. The Hall–Kier alpha value is -2.84. The molecule has 0 unspecified atom stereocenters. The molecule has 1 heterocycles. The largest absolute Gasteiger partial charge is 0.310 e. The van der Waals surface area contributed by atoms with Crippen molar-refractivity contribution in [1.29, 1.82) is 0 Å². The Kier molecular flexibility index (Phi) is 4.95. The molecule has 2 aliphatic rings. The predicted octanol–water partition coefficient (Wildman–Crippen LogP) is 7.83. The fraction of sp³-hybridized carbons (Fsp3) is 0.111. The van der Waals surface area contributed by atoms with E-state index in [1.807, 2.05) is 0 Å². The van der Waals surface area contributed by atoms with Crippen molar-refractivity contribution in [3.05, 3.63) is 124 Å². The molecule has 0 saturated carbocycles. The highest BCUT2D eigenvalue weighted by atomic mass is 79.9. The molecule has 0 bridgehead atoms. The lowest BCUT2D eigenvalue weighted by Crippen LogP contribution is -2.27. The number of nitrogens with zero attached hydrogens (tertiary/aromatic N) is 1. The number of hydrogen-bond donors (Lipinski definition) is 0. The molecule has 0 amide bonds. The molecule has 1 aliphatic heterocycles. The Morgan fingerprint density at radius 1 is 0.690 bits per heavy atom. The van der Waals surface area contributed by atoms with Gasteiger partial charge in [-0.15, -0.1) is 0 Å². The van der Waals surface area contributed by atoms with Gasteiger partial charge >= 0.3 is 0 Å². The molecule has 3 aromatic carbocycles. The third kappa shape index (κ3) is 3.49. The molecule has 142 valence electrons. The van der Waals surface area contributed by atoms with Crippen LogP contribution < -0.4 is 4.90 Å². The average Bonchev–Trinajstić information content (AvgIpc) is 2.80. The molecular weight excluding hydrogens is 418 g/mol. The van der Waals surface area contributed by atoms with Crippen molar-refractivity contribution in [2.75, 3.05) is 4.90 Å². The smallest absolute Gasteiger partial charge is 0.0540 e. The van der Waals surface area contributed by atoms with Crippen LogP contribution in [0.1, 0.15) is 30.4 Å². The third-order valence-electron chi connectivity index (χ3n) is 5.60. The summed E-state index contributed by atoms with van der Waals surface area (Å²) in [5.41, 5.74) is 9.07. The van der Waals surface area contributed by atoms with Crippen LogP contribution in [0.25, 0.3) is 11.3 Å². The Morgan fingerprint density at radius 2 is 1.34 bits per heavy atom. The maximum atomic E-state index is 3.58. The maximum absolute atomic E-state index is 3.58. The summed E-state index contributed by atoms with van der Waals surface area (Å²) in [6, 6.07) is 30.2. The van der Waals surface area contributed by atoms with Crippen LogP contribution in [0.15, 0.2) is 113 Å². The van der Waals surface area contributed by atoms with E-state index in [-0.39, 0.29) is 0 Å². The first-order valence-corrected chi connectivity index (χ1v) is 10.9. The molecule has 0 atom stereocenters. The lowest BCUT2D eigenvalue weighted by molar-refractivity contribution is 0.792. The van der Waals surface area contributed by atoms with Crippen molar-refractivity contribution in [2.24, 2.45) is 0 Å². The summed E-state index contributed by atoms with van der Waals surface area (Å²) in [4.78, 5) is 2.43. The molecule has 29 heavy (non-hydrogen) atoms. The lowest BCUT2D eigenvalue weighted by Gasteiger charge is -2.38. The molecule has 5 rings (SSSR count). The van der Waals surface area contributed by atoms with E-state index in [1.54, 1.807) is 0 Å². The highest BCUT2D eigenvalue weighted by molar-refractivity contribution is 9.10. The van der Waals surface area contributed by atoms with E-state index in [0.29, 0.717) is 0 Å². The molecular formula is C27H22BrN. The number of halogens is 1. The normalized spacial score (nSPS) is 16.2. The SMILES string of the molecule is Brc1ccc(N2C3=CCCCC3=C(c3ccccc3)C=C2c2ccccc2)cc1. The summed E-state index contributed by atoms with van der Waals surface area (Å²) >= 11 is 3.58. The predicted molar refractivity (Wildman–Crippen MR) is 126 cm³/mol. The van der Waals surface area contributed by atoms with E-state index in [1.165, 1.54) is 45.8 Å². The highest BCUT2D eigenvalue weighted by Gasteiger charge is 2.29. The summed E-state index contributed by atoms with van der Waals surface area (Å²) in [5, 5.41) is 0. The monoisotopic (exact) mass is 439 g/mol. The van der Waals surface area contributed by atoms with Gasteiger partial charge in [0.2, 0.25) is 0 Å². The summed E-state index contributed by atoms with van der Waals surface area (Å²) in [6.07, 6.45) is 8.24. The van der Waals surface area contributed by atoms with Crippen LogP contribution in [0, 0.1) is 0 Å². The first-order valence-electron chi connectivity index (χ1n) is 10.1. The van der Waals surface area contributed by atoms with Crippen LogP contribution in [0.5, 0.6) is 0 Å². The summed E-state index contributed by atoms with van der Waals surface area (Å²) < 4.78 is 1.10. The van der Waals surface area contributed by atoms with Crippen LogP contribution in [-0.2, 0) is 0 Å². The average molecular weight is 440 g/mol. The Balaban J connectivity index is 1.75.